The van der Waals surface area contributed by atoms with E-state index in [2.05, 4.69) is 15.4 Å². The molecule has 0 spiro atoms. The quantitative estimate of drug-likeness (QED) is 0.819. The first-order chi connectivity index (χ1) is 8.74. The van der Waals surface area contributed by atoms with Gasteiger partial charge >= 0.3 is 0 Å². The van der Waals surface area contributed by atoms with Gasteiger partial charge in [0.05, 0.1) is 6.20 Å². The first-order valence-electron chi connectivity index (χ1n) is 6.09. The lowest BCUT2D eigenvalue weighted by Crippen LogP contribution is -2.24. The van der Waals surface area contributed by atoms with Crippen LogP contribution in [0, 0.1) is 5.92 Å². The van der Waals surface area contributed by atoms with Gasteiger partial charge in [-0.2, -0.15) is 9.61 Å². The number of anilines is 1. The number of hydrogen-bond donors (Lipinski definition) is 2. The molecular weight excluding hydrogens is 230 g/mol. The van der Waals surface area contributed by atoms with Crippen molar-refractivity contribution in [3.63, 3.8) is 0 Å². The summed E-state index contributed by atoms with van der Waals surface area (Å²) in [7, 11) is 0. The minimum Gasteiger partial charge on any atom is -0.328 e. The lowest BCUT2D eigenvalue weighted by atomic mass is 10.1. The molecule has 0 aliphatic heterocycles. The monoisotopic (exact) mass is 245 g/mol. The Kier molecular flexibility index (Phi) is 2.71. The lowest BCUT2D eigenvalue weighted by Gasteiger charge is -2.11. The molecule has 94 valence electrons. The molecule has 0 saturated heterocycles. The van der Waals surface area contributed by atoms with E-state index < -0.39 is 0 Å². The summed E-state index contributed by atoms with van der Waals surface area (Å²) in [5, 5.41) is 7.03. The average Bonchev–Trinajstić information content (AvgIpc) is 2.97. The largest absolute Gasteiger partial charge is 0.328 e. The second-order valence-electron chi connectivity index (χ2n) is 4.69. The van der Waals surface area contributed by atoms with E-state index in [0.717, 1.165) is 24.9 Å². The van der Waals surface area contributed by atoms with Crippen LogP contribution >= 0.6 is 0 Å². The van der Waals surface area contributed by atoms with Crippen molar-refractivity contribution < 1.29 is 4.79 Å². The van der Waals surface area contributed by atoms with Gasteiger partial charge in [-0.05, 0) is 25.3 Å². The molecule has 6 heteroatoms. The summed E-state index contributed by atoms with van der Waals surface area (Å²) < 4.78 is 1.62. The first kappa shape index (κ1) is 11.2. The van der Waals surface area contributed by atoms with Gasteiger partial charge in [-0.15, -0.1) is 0 Å². The number of carbonyl (C=O) groups excluding carboxylic acids is 1. The smallest absolute Gasteiger partial charge is 0.228 e. The predicted molar refractivity (Wildman–Crippen MR) is 66.9 cm³/mol. The summed E-state index contributed by atoms with van der Waals surface area (Å²) in [4.78, 5) is 16.2. The Hall–Kier alpha value is -1.95. The van der Waals surface area contributed by atoms with Crippen molar-refractivity contribution in [1.29, 1.82) is 0 Å². The van der Waals surface area contributed by atoms with Crippen molar-refractivity contribution in [2.45, 2.75) is 25.3 Å². The third-order valence-electron chi connectivity index (χ3n) is 3.39. The molecule has 2 atom stereocenters. The van der Waals surface area contributed by atoms with Gasteiger partial charge in [0.2, 0.25) is 5.91 Å². The van der Waals surface area contributed by atoms with Crippen molar-refractivity contribution >= 4 is 17.4 Å². The highest BCUT2D eigenvalue weighted by atomic mass is 16.2. The Morgan fingerprint density at radius 3 is 3.06 bits per heavy atom. The van der Waals surface area contributed by atoms with E-state index in [1.165, 1.54) is 0 Å². The van der Waals surface area contributed by atoms with E-state index in [1.807, 2.05) is 0 Å². The third-order valence-corrected chi connectivity index (χ3v) is 3.39. The van der Waals surface area contributed by atoms with Crippen molar-refractivity contribution in [3.8, 4) is 0 Å². The van der Waals surface area contributed by atoms with E-state index in [4.69, 9.17) is 5.73 Å². The maximum absolute atomic E-state index is 12.1. The minimum atomic E-state index is 0.0128. The molecule has 1 aliphatic rings. The molecule has 3 rings (SSSR count). The molecule has 2 aromatic rings. The standard InChI is InChI=1S/C12H15N5O/c13-9-2-1-8(7-9)12(18)16-11-3-5-14-10-4-6-15-17(10)11/h3-6,8-9H,1-2,7,13H2,(H,16,18). The fourth-order valence-electron chi connectivity index (χ4n) is 2.41. The molecule has 0 radical (unpaired) electrons. The van der Waals surface area contributed by atoms with E-state index in [0.29, 0.717) is 5.82 Å². The number of hydrogen-bond acceptors (Lipinski definition) is 4. The molecule has 0 aromatic carbocycles. The Balaban J connectivity index is 1.80. The molecule has 6 nitrogen and oxygen atoms in total. The van der Waals surface area contributed by atoms with Gasteiger partial charge in [0.15, 0.2) is 5.65 Å². The summed E-state index contributed by atoms with van der Waals surface area (Å²) in [5.41, 5.74) is 6.54. The van der Waals surface area contributed by atoms with Crippen LogP contribution in [-0.4, -0.2) is 26.5 Å². The van der Waals surface area contributed by atoms with Crippen LogP contribution in [0.15, 0.2) is 24.5 Å². The molecule has 3 N–H and O–H groups in total. The van der Waals surface area contributed by atoms with Gasteiger partial charge in [-0.3, -0.25) is 4.79 Å². The highest BCUT2D eigenvalue weighted by Crippen LogP contribution is 2.25. The Morgan fingerprint density at radius 1 is 1.39 bits per heavy atom. The molecule has 2 aromatic heterocycles. The Labute approximate surface area is 104 Å². The zero-order chi connectivity index (χ0) is 12.5. The maximum atomic E-state index is 12.1. The van der Waals surface area contributed by atoms with Crippen LogP contribution in [0.5, 0.6) is 0 Å². The maximum Gasteiger partial charge on any atom is 0.228 e. The highest BCUT2D eigenvalue weighted by molar-refractivity contribution is 5.92. The van der Waals surface area contributed by atoms with Gasteiger partial charge in [-0.1, -0.05) is 0 Å². The third kappa shape index (κ3) is 1.95. The highest BCUT2D eigenvalue weighted by Gasteiger charge is 2.28. The molecule has 1 fully saturated rings. The molecule has 0 bridgehead atoms. The van der Waals surface area contributed by atoms with Gasteiger partial charge in [0.25, 0.3) is 0 Å². The number of nitrogens with one attached hydrogen (secondary N) is 1. The van der Waals surface area contributed by atoms with Crippen molar-refractivity contribution in [3.05, 3.63) is 24.5 Å². The van der Waals surface area contributed by atoms with Gasteiger partial charge in [-0.25, -0.2) is 4.98 Å². The number of rotatable bonds is 2. The number of amides is 1. The molecule has 2 heterocycles. The fourth-order valence-corrected chi connectivity index (χ4v) is 2.41. The van der Waals surface area contributed by atoms with Crippen LogP contribution in [0.1, 0.15) is 19.3 Å². The average molecular weight is 245 g/mol. The zero-order valence-corrected chi connectivity index (χ0v) is 9.91. The Bertz CT molecular complexity index is 579. The number of carbonyl (C=O) groups is 1. The lowest BCUT2D eigenvalue weighted by molar-refractivity contribution is -0.119. The van der Waals surface area contributed by atoms with Crippen molar-refractivity contribution in [2.75, 3.05) is 5.32 Å². The van der Waals surface area contributed by atoms with E-state index in [-0.39, 0.29) is 17.9 Å². The summed E-state index contributed by atoms with van der Waals surface area (Å²) >= 11 is 0. The summed E-state index contributed by atoms with van der Waals surface area (Å²) in [5.74, 6) is 0.681. The van der Waals surface area contributed by atoms with Gasteiger partial charge in [0, 0.05) is 24.2 Å². The number of fused-ring (bicyclic) bond motifs is 1. The van der Waals surface area contributed by atoms with Crippen LogP contribution in [0.25, 0.3) is 5.65 Å². The van der Waals surface area contributed by atoms with Crippen LogP contribution in [0.2, 0.25) is 0 Å². The SMILES string of the molecule is NC1CCC(C(=O)Nc2ccnc3ccnn23)C1. The van der Waals surface area contributed by atoms with E-state index in [9.17, 15) is 4.79 Å². The number of nitrogens with two attached hydrogens (primary N) is 1. The van der Waals surface area contributed by atoms with E-state index >= 15 is 0 Å². The van der Waals surface area contributed by atoms with Crippen LogP contribution in [0.4, 0.5) is 5.82 Å². The van der Waals surface area contributed by atoms with E-state index in [1.54, 1.807) is 29.0 Å². The number of nitrogens with zero attached hydrogens (tertiary/aromatic N) is 3. The van der Waals surface area contributed by atoms with Gasteiger partial charge < -0.3 is 11.1 Å². The summed E-state index contributed by atoms with van der Waals surface area (Å²) in [6.07, 6.45) is 5.86. The van der Waals surface area contributed by atoms with Gasteiger partial charge in [0.1, 0.15) is 5.82 Å². The molecular formula is C12H15N5O. The predicted octanol–water partition coefficient (Wildman–Crippen LogP) is 0.795. The zero-order valence-electron chi connectivity index (χ0n) is 9.91. The van der Waals surface area contributed by atoms with Crippen LogP contribution in [-0.2, 0) is 4.79 Å². The first-order valence-corrected chi connectivity index (χ1v) is 6.09. The van der Waals surface area contributed by atoms with Crippen molar-refractivity contribution in [1.82, 2.24) is 14.6 Å². The van der Waals surface area contributed by atoms with Crippen LogP contribution < -0.4 is 11.1 Å². The normalized spacial score (nSPS) is 23.4. The summed E-state index contributed by atoms with van der Waals surface area (Å²) in [6.45, 7) is 0. The molecule has 1 saturated carbocycles. The summed E-state index contributed by atoms with van der Waals surface area (Å²) in [6, 6.07) is 3.69. The van der Waals surface area contributed by atoms with Crippen molar-refractivity contribution in [2.24, 2.45) is 11.7 Å². The second-order valence-corrected chi connectivity index (χ2v) is 4.69. The second kappa shape index (κ2) is 4.38. The minimum absolute atomic E-state index is 0.0128. The molecule has 1 amide bonds. The molecule has 1 aliphatic carbocycles. The Morgan fingerprint density at radius 2 is 2.28 bits per heavy atom. The molecule has 2 unspecified atom stereocenters. The van der Waals surface area contributed by atoms with Crippen LogP contribution in [0.3, 0.4) is 0 Å². The molecule has 18 heavy (non-hydrogen) atoms. The number of aromatic nitrogens is 3. The topological polar surface area (TPSA) is 85.3 Å². The fraction of sp³-hybridized carbons (Fsp3) is 0.417.